The van der Waals surface area contributed by atoms with Gasteiger partial charge in [-0.25, -0.2) is 0 Å². The topological polar surface area (TPSA) is 26.0 Å². The summed E-state index contributed by atoms with van der Waals surface area (Å²) in [5.41, 5.74) is 6.67. The van der Waals surface area contributed by atoms with Crippen LogP contribution in [-0.2, 0) is 0 Å². The van der Waals surface area contributed by atoms with Gasteiger partial charge in [-0.3, -0.25) is 0 Å². The van der Waals surface area contributed by atoms with Crippen LogP contribution in [-0.4, -0.2) is 6.54 Å². The SMILES string of the molecule is C[C@@H](CCN)c1ccccc1Cl. The van der Waals surface area contributed by atoms with E-state index in [1.807, 2.05) is 18.2 Å². The van der Waals surface area contributed by atoms with Gasteiger partial charge < -0.3 is 5.73 Å². The molecule has 1 aromatic carbocycles. The third-order valence-electron chi connectivity index (χ3n) is 2.04. The summed E-state index contributed by atoms with van der Waals surface area (Å²) in [4.78, 5) is 0. The highest BCUT2D eigenvalue weighted by Gasteiger charge is 2.06. The maximum Gasteiger partial charge on any atom is 0.0440 e. The molecule has 1 atom stereocenters. The highest BCUT2D eigenvalue weighted by molar-refractivity contribution is 6.31. The zero-order valence-corrected chi connectivity index (χ0v) is 8.01. The van der Waals surface area contributed by atoms with Gasteiger partial charge in [0.25, 0.3) is 0 Å². The van der Waals surface area contributed by atoms with Crippen LogP contribution < -0.4 is 5.73 Å². The number of hydrogen-bond donors (Lipinski definition) is 1. The standard InChI is InChI=1S/C10H14ClN/c1-8(6-7-12)9-4-2-3-5-10(9)11/h2-5,8H,6-7,12H2,1H3/t8-/m0/s1. The first-order chi connectivity index (χ1) is 5.75. The Labute approximate surface area is 78.5 Å². The maximum atomic E-state index is 6.01. The molecule has 1 nitrogen and oxygen atoms in total. The van der Waals surface area contributed by atoms with E-state index in [9.17, 15) is 0 Å². The van der Waals surface area contributed by atoms with Crippen molar-refractivity contribution in [3.63, 3.8) is 0 Å². The van der Waals surface area contributed by atoms with Crippen LogP contribution in [0.5, 0.6) is 0 Å². The van der Waals surface area contributed by atoms with E-state index in [0.717, 1.165) is 11.4 Å². The molecule has 66 valence electrons. The van der Waals surface area contributed by atoms with E-state index in [2.05, 4.69) is 13.0 Å². The zero-order chi connectivity index (χ0) is 8.97. The Kier molecular flexibility index (Phi) is 3.57. The van der Waals surface area contributed by atoms with Gasteiger partial charge in [0, 0.05) is 5.02 Å². The molecule has 2 heteroatoms. The number of hydrogen-bond acceptors (Lipinski definition) is 1. The Morgan fingerprint density at radius 3 is 2.67 bits per heavy atom. The largest absolute Gasteiger partial charge is 0.330 e. The molecule has 0 heterocycles. The average molecular weight is 184 g/mol. The second kappa shape index (κ2) is 4.48. The summed E-state index contributed by atoms with van der Waals surface area (Å²) < 4.78 is 0. The van der Waals surface area contributed by atoms with Gasteiger partial charge in [-0.2, -0.15) is 0 Å². The van der Waals surface area contributed by atoms with Crippen molar-refractivity contribution >= 4 is 11.6 Å². The van der Waals surface area contributed by atoms with Crippen LogP contribution in [0.3, 0.4) is 0 Å². The summed E-state index contributed by atoms with van der Waals surface area (Å²) in [6.07, 6.45) is 0.990. The van der Waals surface area contributed by atoms with Crippen molar-refractivity contribution in [1.82, 2.24) is 0 Å². The first-order valence-electron chi connectivity index (χ1n) is 4.20. The molecule has 0 saturated carbocycles. The van der Waals surface area contributed by atoms with E-state index in [1.54, 1.807) is 0 Å². The fourth-order valence-electron chi connectivity index (χ4n) is 1.28. The van der Waals surface area contributed by atoms with Gasteiger partial charge in [-0.05, 0) is 30.5 Å². The monoisotopic (exact) mass is 183 g/mol. The second-order valence-corrected chi connectivity index (χ2v) is 3.41. The minimum atomic E-state index is 0.462. The lowest BCUT2D eigenvalue weighted by atomic mass is 9.98. The van der Waals surface area contributed by atoms with Crippen LogP contribution in [0.25, 0.3) is 0 Å². The van der Waals surface area contributed by atoms with E-state index in [4.69, 9.17) is 17.3 Å². The fourth-order valence-corrected chi connectivity index (χ4v) is 1.60. The molecule has 0 aliphatic heterocycles. The van der Waals surface area contributed by atoms with Crippen molar-refractivity contribution in [3.05, 3.63) is 34.9 Å². The van der Waals surface area contributed by atoms with Crippen LogP contribution in [0.2, 0.25) is 5.02 Å². The Balaban J connectivity index is 2.79. The summed E-state index contributed by atoms with van der Waals surface area (Å²) in [5.74, 6) is 0.462. The summed E-state index contributed by atoms with van der Waals surface area (Å²) >= 11 is 6.01. The lowest BCUT2D eigenvalue weighted by Gasteiger charge is -2.11. The summed E-state index contributed by atoms with van der Waals surface area (Å²) in [5, 5.41) is 0.846. The van der Waals surface area contributed by atoms with Crippen molar-refractivity contribution in [2.75, 3.05) is 6.54 Å². The second-order valence-electron chi connectivity index (χ2n) is 3.00. The van der Waals surface area contributed by atoms with Crippen LogP contribution in [0.15, 0.2) is 24.3 Å². The van der Waals surface area contributed by atoms with Crippen LogP contribution >= 0.6 is 11.6 Å². The zero-order valence-electron chi connectivity index (χ0n) is 7.26. The molecule has 0 amide bonds. The molecule has 12 heavy (non-hydrogen) atoms. The van der Waals surface area contributed by atoms with Crippen molar-refractivity contribution in [2.24, 2.45) is 5.73 Å². The summed E-state index contributed by atoms with van der Waals surface area (Å²) in [6, 6.07) is 7.93. The Morgan fingerprint density at radius 2 is 2.08 bits per heavy atom. The number of benzene rings is 1. The highest BCUT2D eigenvalue weighted by atomic mass is 35.5. The van der Waals surface area contributed by atoms with Crippen molar-refractivity contribution in [2.45, 2.75) is 19.3 Å². The normalized spacial score (nSPS) is 12.9. The molecule has 0 aliphatic rings. The minimum absolute atomic E-state index is 0.462. The molecular formula is C10H14ClN. The molecule has 0 fully saturated rings. The molecule has 0 spiro atoms. The lowest BCUT2D eigenvalue weighted by Crippen LogP contribution is -2.04. The summed E-state index contributed by atoms with van der Waals surface area (Å²) in [6.45, 7) is 2.86. The van der Waals surface area contributed by atoms with Gasteiger partial charge in [-0.15, -0.1) is 0 Å². The molecule has 0 aliphatic carbocycles. The van der Waals surface area contributed by atoms with Gasteiger partial charge in [-0.1, -0.05) is 36.7 Å². The molecule has 0 bridgehead atoms. The van der Waals surface area contributed by atoms with Crippen LogP contribution in [0.1, 0.15) is 24.8 Å². The van der Waals surface area contributed by atoms with Crippen molar-refractivity contribution in [1.29, 1.82) is 0 Å². The third kappa shape index (κ3) is 2.23. The average Bonchev–Trinajstić information content (AvgIpc) is 2.05. The number of nitrogens with two attached hydrogens (primary N) is 1. The molecule has 1 rings (SSSR count). The minimum Gasteiger partial charge on any atom is -0.330 e. The number of halogens is 1. The van der Waals surface area contributed by atoms with E-state index in [1.165, 1.54) is 5.56 Å². The van der Waals surface area contributed by atoms with Crippen LogP contribution in [0.4, 0.5) is 0 Å². The Hall–Kier alpha value is -0.530. The molecule has 0 radical (unpaired) electrons. The maximum absolute atomic E-state index is 6.01. The first kappa shape index (κ1) is 9.56. The Bertz CT molecular complexity index is 247. The molecule has 0 aromatic heterocycles. The van der Waals surface area contributed by atoms with Gasteiger partial charge in [0.15, 0.2) is 0 Å². The van der Waals surface area contributed by atoms with E-state index in [-0.39, 0.29) is 0 Å². The van der Waals surface area contributed by atoms with Gasteiger partial charge in [0.05, 0.1) is 0 Å². The van der Waals surface area contributed by atoms with E-state index in [0.29, 0.717) is 12.5 Å². The lowest BCUT2D eigenvalue weighted by molar-refractivity contribution is 0.690. The molecule has 0 unspecified atom stereocenters. The van der Waals surface area contributed by atoms with Crippen LogP contribution in [0, 0.1) is 0 Å². The van der Waals surface area contributed by atoms with Gasteiger partial charge >= 0.3 is 0 Å². The quantitative estimate of drug-likeness (QED) is 0.767. The summed E-state index contributed by atoms with van der Waals surface area (Å²) in [7, 11) is 0. The van der Waals surface area contributed by atoms with Gasteiger partial charge in [0.1, 0.15) is 0 Å². The molecule has 1 aromatic rings. The smallest absolute Gasteiger partial charge is 0.0440 e. The predicted octanol–water partition coefficient (Wildman–Crippen LogP) is 2.79. The number of rotatable bonds is 3. The Morgan fingerprint density at radius 1 is 1.42 bits per heavy atom. The van der Waals surface area contributed by atoms with Crippen molar-refractivity contribution < 1.29 is 0 Å². The molecular weight excluding hydrogens is 170 g/mol. The third-order valence-corrected chi connectivity index (χ3v) is 2.38. The molecule has 0 saturated heterocycles. The highest BCUT2D eigenvalue weighted by Crippen LogP contribution is 2.25. The van der Waals surface area contributed by atoms with Gasteiger partial charge in [0.2, 0.25) is 0 Å². The molecule has 2 N–H and O–H groups in total. The van der Waals surface area contributed by atoms with E-state index < -0.39 is 0 Å². The fraction of sp³-hybridized carbons (Fsp3) is 0.400. The first-order valence-corrected chi connectivity index (χ1v) is 4.58. The van der Waals surface area contributed by atoms with Crippen molar-refractivity contribution in [3.8, 4) is 0 Å². The predicted molar refractivity (Wildman–Crippen MR) is 53.5 cm³/mol. The van der Waals surface area contributed by atoms with E-state index >= 15 is 0 Å².